The minimum absolute atomic E-state index is 0.0785. The number of amides is 1. The molecule has 4 nitrogen and oxygen atoms in total. The fraction of sp³-hybridized carbons (Fsp3) is 0.389. The van der Waals surface area contributed by atoms with E-state index in [2.05, 4.69) is 15.3 Å². The Kier molecular flexibility index (Phi) is 4.78. The van der Waals surface area contributed by atoms with Crippen LogP contribution in [0.1, 0.15) is 42.5 Å². The zero-order chi connectivity index (χ0) is 15.2. The summed E-state index contributed by atoms with van der Waals surface area (Å²) in [4.78, 5) is 20.7. The monoisotopic (exact) mass is 295 g/mol. The maximum atomic E-state index is 12.1. The van der Waals surface area contributed by atoms with Crippen molar-refractivity contribution >= 4 is 5.91 Å². The number of rotatable bonds is 4. The lowest BCUT2D eigenvalue weighted by atomic mass is 9.89. The molecule has 1 N–H and O–H groups in total. The SMILES string of the molecule is O=C(NCC1CCCCC1)c1cnc(-c2ccccc2)nc1. The Hall–Kier alpha value is -2.23. The number of benzene rings is 1. The lowest BCUT2D eigenvalue weighted by Gasteiger charge is -2.21. The molecular formula is C18H21N3O. The van der Waals surface area contributed by atoms with Gasteiger partial charge in [-0.1, -0.05) is 49.6 Å². The molecule has 0 atom stereocenters. The largest absolute Gasteiger partial charge is 0.352 e. The smallest absolute Gasteiger partial charge is 0.254 e. The van der Waals surface area contributed by atoms with E-state index in [1.165, 1.54) is 32.1 Å². The van der Waals surface area contributed by atoms with E-state index < -0.39 is 0 Å². The quantitative estimate of drug-likeness (QED) is 0.940. The van der Waals surface area contributed by atoms with Gasteiger partial charge >= 0.3 is 0 Å². The highest BCUT2D eigenvalue weighted by Crippen LogP contribution is 2.22. The van der Waals surface area contributed by atoms with E-state index in [0.717, 1.165) is 12.1 Å². The normalized spacial score (nSPS) is 15.5. The molecule has 0 radical (unpaired) electrons. The summed E-state index contributed by atoms with van der Waals surface area (Å²) in [6, 6.07) is 9.76. The third-order valence-electron chi connectivity index (χ3n) is 4.22. The second kappa shape index (κ2) is 7.16. The number of carbonyl (C=O) groups is 1. The number of carbonyl (C=O) groups excluding carboxylic acids is 1. The van der Waals surface area contributed by atoms with Crippen molar-refractivity contribution < 1.29 is 4.79 Å². The Morgan fingerprint density at radius 1 is 1.05 bits per heavy atom. The third kappa shape index (κ3) is 3.70. The number of hydrogen-bond acceptors (Lipinski definition) is 3. The van der Waals surface area contributed by atoms with Crippen molar-refractivity contribution in [2.75, 3.05) is 6.54 Å². The molecule has 1 aliphatic carbocycles. The van der Waals surface area contributed by atoms with Gasteiger partial charge < -0.3 is 5.32 Å². The molecule has 1 aromatic heterocycles. The molecule has 4 heteroatoms. The summed E-state index contributed by atoms with van der Waals surface area (Å²) in [6.45, 7) is 0.763. The van der Waals surface area contributed by atoms with Gasteiger partial charge in [-0.15, -0.1) is 0 Å². The van der Waals surface area contributed by atoms with E-state index in [9.17, 15) is 4.79 Å². The fourth-order valence-electron chi connectivity index (χ4n) is 2.91. The molecular weight excluding hydrogens is 274 g/mol. The van der Waals surface area contributed by atoms with E-state index in [-0.39, 0.29) is 5.91 Å². The highest BCUT2D eigenvalue weighted by Gasteiger charge is 2.15. The van der Waals surface area contributed by atoms with E-state index >= 15 is 0 Å². The fourth-order valence-corrected chi connectivity index (χ4v) is 2.91. The van der Waals surface area contributed by atoms with Gasteiger partial charge in [0.05, 0.1) is 5.56 Å². The van der Waals surface area contributed by atoms with Crippen LogP contribution in [0.15, 0.2) is 42.7 Å². The van der Waals surface area contributed by atoms with Crippen LogP contribution in [0.2, 0.25) is 0 Å². The van der Waals surface area contributed by atoms with Crippen LogP contribution in [0.25, 0.3) is 11.4 Å². The van der Waals surface area contributed by atoms with Gasteiger partial charge in [0.1, 0.15) is 0 Å². The number of hydrogen-bond donors (Lipinski definition) is 1. The van der Waals surface area contributed by atoms with E-state index in [1.807, 2.05) is 30.3 Å². The van der Waals surface area contributed by atoms with Crippen molar-refractivity contribution in [3.05, 3.63) is 48.3 Å². The first-order valence-corrected chi connectivity index (χ1v) is 7.98. The average molecular weight is 295 g/mol. The Morgan fingerprint density at radius 2 is 1.73 bits per heavy atom. The summed E-state index contributed by atoms with van der Waals surface area (Å²) in [5.74, 6) is 1.19. The van der Waals surface area contributed by atoms with E-state index in [4.69, 9.17) is 0 Å². The molecule has 114 valence electrons. The lowest BCUT2D eigenvalue weighted by Crippen LogP contribution is -2.30. The summed E-state index contributed by atoms with van der Waals surface area (Å²) in [7, 11) is 0. The zero-order valence-electron chi connectivity index (χ0n) is 12.7. The van der Waals surface area contributed by atoms with Gasteiger partial charge in [0.15, 0.2) is 5.82 Å². The van der Waals surface area contributed by atoms with Crippen molar-refractivity contribution in [2.45, 2.75) is 32.1 Å². The van der Waals surface area contributed by atoms with E-state index in [1.54, 1.807) is 12.4 Å². The topological polar surface area (TPSA) is 54.9 Å². The van der Waals surface area contributed by atoms with Crippen LogP contribution in [0.3, 0.4) is 0 Å². The van der Waals surface area contributed by atoms with Gasteiger partial charge in [-0.3, -0.25) is 4.79 Å². The van der Waals surface area contributed by atoms with Crippen LogP contribution < -0.4 is 5.32 Å². The molecule has 1 heterocycles. The van der Waals surface area contributed by atoms with Gasteiger partial charge in [0.25, 0.3) is 5.91 Å². The number of aromatic nitrogens is 2. The summed E-state index contributed by atoms with van der Waals surface area (Å²) in [5, 5.41) is 3.01. The molecule has 1 fully saturated rings. The lowest BCUT2D eigenvalue weighted by molar-refractivity contribution is 0.0943. The van der Waals surface area contributed by atoms with Gasteiger partial charge in [-0.2, -0.15) is 0 Å². The standard InChI is InChI=1S/C18H21N3O/c22-18(21-11-14-7-3-1-4-8-14)16-12-19-17(20-13-16)15-9-5-2-6-10-15/h2,5-6,9-10,12-14H,1,3-4,7-8,11H2,(H,21,22). The number of nitrogens with one attached hydrogen (secondary N) is 1. The molecule has 2 aromatic rings. The molecule has 1 saturated carbocycles. The molecule has 0 saturated heterocycles. The molecule has 1 amide bonds. The first-order chi connectivity index (χ1) is 10.8. The van der Waals surface area contributed by atoms with Crippen LogP contribution >= 0.6 is 0 Å². The Bertz CT molecular complexity index is 604. The molecule has 3 rings (SSSR count). The Morgan fingerprint density at radius 3 is 2.41 bits per heavy atom. The van der Waals surface area contributed by atoms with Crippen molar-refractivity contribution in [2.24, 2.45) is 5.92 Å². The van der Waals surface area contributed by atoms with Crippen LogP contribution in [-0.4, -0.2) is 22.4 Å². The van der Waals surface area contributed by atoms with Gasteiger partial charge in [0.2, 0.25) is 0 Å². The van der Waals surface area contributed by atoms with Crippen molar-refractivity contribution in [1.82, 2.24) is 15.3 Å². The Balaban J connectivity index is 1.59. The van der Waals surface area contributed by atoms with Crippen molar-refractivity contribution in [1.29, 1.82) is 0 Å². The van der Waals surface area contributed by atoms with E-state index in [0.29, 0.717) is 17.3 Å². The second-order valence-corrected chi connectivity index (χ2v) is 5.88. The maximum Gasteiger partial charge on any atom is 0.254 e. The predicted molar refractivity (Wildman–Crippen MR) is 86.4 cm³/mol. The van der Waals surface area contributed by atoms with Crippen molar-refractivity contribution in [3.8, 4) is 11.4 Å². The van der Waals surface area contributed by atoms with Crippen LogP contribution in [0.5, 0.6) is 0 Å². The summed E-state index contributed by atoms with van der Waals surface area (Å²) >= 11 is 0. The summed E-state index contributed by atoms with van der Waals surface area (Å²) < 4.78 is 0. The second-order valence-electron chi connectivity index (χ2n) is 5.88. The molecule has 0 aliphatic heterocycles. The van der Waals surface area contributed by atoms with Gasteiger partial charge in [-0.05, 0) is 18.8 Å². The zero-order valence-corrected chi connectivity index (χ0v) is 12.7. The van der Waals surface area contributed by atoms with Crippen LogP contribution in [0, 0.1) is 5.92 Å². The van der Waals surface area contributed by atoms with Gasteiger partial charge in [0, 0.05) is 24.5 Å². The van der Waals surface area contributed by atoms with Crippen LogP contribution in [-0.2, 0) is 0 Å². The van der Waals surface area contributed by atoms with Gasteiger partial charge in [-0.25, -0.2) is 9.97 Å². The minimum Gasteiger partial charge on any atom is -0.352 e. The summed E-state index contributed by atoms with van der Waals surface area (Å²) in [6.07, 6.45) is 9.56. The highest BCUT2D eigenvalue weighted by molar-refractivity contribution is 5.93. The molecule has 1 aromatic carbocycles. The highest BCUT2D eigenvalue weighted by atomic mass is 16.1. The summed E-state index contributed by atoms with van der Waals surface area (Å²) in [5.41, 5.74) is 1.48. The van der Waals surface area contributed by atoms with Crippen molar-refractivity contribution in [3.63, 3.8) is 0 Å². The molecule has 0 unspecified atom stereocenters. The van der Waals surface area contributed by atoms with Crippen LogP contribution in [0.4, 0.5) is 0 Å². The molecule has 1 aliphatic rings. The Labute approximate surface area is 131 Å². The minimum atomic E-state index is -0.0785. The maximum absolute atomic E-state index is 12.1. The first-order valence-electron chi connectivity index (χ1n) is 7.98. The predicted octanol–water partition coefficient (Wildman–Crippen LogP) is 3.45. The molecule has 0 bridgehead atoms. The average Bonchev–Trinajstić information content (AvgIpc) is 2.61. The number of nitrogens with zero attached hydrogens (tertiary/aromatic N) is 2. The molecule has 22 heavy (non-hydrogen) atoms. The molecule has 0 spiro atoms. The third-order valence-corrected chi connectivity index (χ3v) is 4.22. The first kappa shape index (κ1) is 14.7.